The first-order valence-corrected chi connectivity index (χ1v) is 10.8. The molecule has 2 aliphatic heterocycles. The van der Waals surface area contributed by atoms with Gasteiger partial charge in [-0.3, -0.25) is 4.31 Å². The zero-order valence-electron chi connectivity index (χ0n) is 15.1. The predicted octanol–water partition coefficient (Wildman–Crippen LogP) is 2.21. The van der Waals surface area contributed by atoms with Gasteiger partial charge in [-0.25, -0.2) is 8.42 Å². The molecule has 0 bridgehead atoms. The SMILES string of the molecule is N#Cc1ccccc1S(=O)(=O)N1CCOc2c(N3CCNCC3)cc(Cl)cc21. The highest BCUT2D eigenvalue weighted by atomic mass is 35.5. The Bertz CT molecular complexity index is 1050. The fourth-order valence-electron chi connectivity index (χ4n) is 3.54. The summed E-state index contributed by atoms with van der Waals surface area (Å²) < 4.78 is 33.9. The van der Waals surface area contributed by atoms with Crippen molar-refractivity contribution in [1.29, 1.82) is 5.26 Å². The molecule has 1 saturated heterocycles. The van der Waals surface area contributed by atoms with Crippen molar-refractivity contribution in [2.45, 2.75) is 4.90 Å². The van der Waals surface area contributed by atoms with Crippen molar-refractivity contribution >= 4 is 33.0 Å². The molecule has 2 aliphatic rings. The van der Waals surface area contributed by atoms with Gasteiger partial charge in [0.1, 0.15) is 17.6 Å². The van der Waals surface area contributed by atoms with E-state index in [-0.39, 0.29) is 23.6 Å². The molecular weight excluding hydrogens is 400 g/mol. The third-order valence-electron chi connectivity index (χ3n) is 4.86. The van der Waals surface area contributed by atoms with Crippen LogP contribution in [0.4, 0.5) is 11.4 Å². The average Bonchev–Trinajstić information content (AvgIpc) is 2.73. The van der Waals surface area contributed by atoms with Gasteiger partial charge in [-0.15, -0.1) is 0 Å². The van der Waals surface area contributed by atoms with Gasteiger partial charge in [-0.2, -0.15) is 5.26 Å². The fraction of sp³-hybridized carbons (Fsp3) is 0.316. The lowest BCUT2D eigenvalue weighted by atomic mass is 10.2. The number of nitrogens with zero attached hydrogens (tertiary/aromatic N) is 3. The van der Waals surface area contributed by atoms with Gasteiger partial charge in [-0.05, 0) is 24.3 Å². The molecule has 0 aliphatic carbocycles. The van der Waals surface area contributed by atoms with Crippen LogP contribution in [-0.2, 0) is 10.0 Å². The third-order valence-corrected chi connectivity index (χ3v) is 6.95. The first-order chi connectivity index (χ1) is 13.5. The minimum Gasteiger partial charge on any atom is -0.487 e. The van der Waals surface area contributed by atoms with E-state index in [9.17, 15) is 13.7 Å². The number of ether oxygens (including phenoxy) is 1. The zero-order valence-corrected chi connectivity index (χ0v) is 16.6. The second-order valence-corrected chi connectivity index (χ2v) is 8.81. The van der Waals surface area contributed by atoms with Crippen molar-refractivity contribution in [3.8, 4) is 11.8 Å². The second-order valence-electron chi connectivity index (χ2n) is 6.54. The van der Waals surface area contributed by atoms with Gasteiger partial charge in [0.25, 0.3) is 10.0 Å². The van der Waals surface area contributed by atoms with Gasteiger partial charge in [0.2, 0.25) is 0 Å². The molecule has 0 radical (unpaired) electrons. The van der Waals surface area contributed by atoms with E-state index in [2.05, 4.69) is 10.2 Å². The Balaban J connectivity index is 1.83. The highest BCUT2D eigenvalue weighted by Crippen LogP contribution is 2.44. The summed E-state index contributed by atoms with van der Waals surface area (Å²) in [5.74, 6) is 0.510. The standard InChI is InChI=1S/C19H19ClN4O3S/c20-15-11-16(23-7-5-22-6-8-23)19-17(12-15)24(9-10-27-19)28(25,26)18-4-2-1-3-14(18)13-21/h1-4,11-12,22H,5-10H2. The number of rotatable bonds is 3. The van der Waals surface area contributed by atoms with Crippen molar-refractivity contribution in [3.63, 3.8) is 0 Å². The van der Waals surface area contributed by atoms with E-state index in [0.29, 0.717) is 16.5 Å². The monoisotopic (exact) mass is 418 g/mol. The maximum atomic E-state index is 13.4. The van der Waals surface area contributed by atoms with Crippen LogP contribution in [0.3, 0.4) is 0 Å². The van der Waals surface area contributed by atoms with Crippen molar-refractivity contribution < 1.29 is 13.2 Å². The number of hydrogen-bond donors (Lipinski definition) is 1. The molecule has 28 heavy (non-hydrogen) atoms. The molecule has 7 nitrogen and oxygen atoms in total. The molecule has 0 amide bonds. The minimum atomic E-state index is -3.94. The van der Waals surface area contributed by atoms with Crippen molar-refractivity contribution in [2.75, 3.05) is 48.5 Å². The average molecular weight is 419 g/mol. The molecule has 2 aromatic carbocycles. The van der Waals surface area contributed by atoms with Crippen LogP contribution >= 0.6 is 11.6 Å². The Morgan fingerprint density at radius 2 is 1.82 bits per heavy atom. The molecule has 0 atom stereocenters. The second kappa shape index (κ2) is 7.51. The first-order valence-electron chi connectivity index (χ1n) is 8.96. The van der Waals surface area contributed by atoms with Gasteiger partial charge in [0.05, 0.1) is 23.5 Å². The van der Waals surface area contributed by atoms with Gasteiger partial charge in [-0.1, -0.05) is 23.7 Å². The Hall–Kier alpha value is -2.47. The van der Waals surface area contributed by atoms with E-state index < -0.39 is 10.0 Å². The first kappa shape index (κ1) is 18.9. The number of nitrogens with one attached hydrogen (secondary N) is 1. The van der Waals surface area contributed by atoms with Crippen LogP contribution in [0.15, 0.2) is 41.3 Å². The fourth-order valence-corrected chi connectivity index (χ4v) is 5.34. The van der Waals surface area contributed by atoms with E-state index in [1.807, 2.05) is 12.1 Å². The van der Waals surface area contributed by atoms with Crippen LogP contribution in [0, 0.1) is 11.3 Å². The molecule has 146 valence electrons. The lowest BCUT2D eigenvalue weighted by Crippen LogP contribution is -2.44. The number of benzene rings is 2. The number of hydrogen-bond acceptors (Lipinski definition) is 6. The number of anilines is 2. The molecule has 2 aromatic rings. The van der Waals surface area contributed by atoms with E-state index in [4.69, 9.17) is 16.3 Å². The summed E-state index contributed by atoms with van der Waals surface area (Å²) in [6, 6.07) is 11.6. The Kier molecular flexibility index (Phi) is 5.06. The number of sulfonamides is 1. The lowest BCUT2D eigenvalue weighted by molar-refractivity contribution is 0.315. The summed E-state index contributed by atoms with van der Waals surface area (Å²) in [5, 5.41) is 13.1. The van der Waals surface area contributed by atoms with E-state index in [1.54, 1.807) is 18.2 Å². The molecule has 0 aromatic heterocycles. The maximum Gasteiger partial charge on any atom is 0.265 e. The molecule has 1 fully saturated rings. The summed E-state index contributed by atoms with van der Waals surface area (Å²) in [4.78, 5) is 2.12. The highest BCUT2D eigenvalue weighted by molar-refractivity contribution is 7.93. The van der Waals surface area contributed by atoms with E-state index in [1.165, 1.54) is 16.4 Å². The number of fused-ring (bicyclic) bond motifs is 1. The zero-order chi connectivity index (χ0) is 19.7. The number of nitriles is 1. The number of piperazine rings is 1. The van der Waals surface area contributed by atoms with Crippen molar-refractivity contribution in [2.24, 2.45) is 0 Å². The minimum absolute atomic E-state index is 0.0194. The summed E-state index contributed by atoms with van der Waals surface area (Å²) in [6.45, 7) is 3.59. The summed E-state index contributed by atoms with van der Waals surface area (Å²) in [5.41, 5.74) is 1.30. The lowest BCUT2D eigenvalue weighted by Gasteiger charge is -2.36. The molecule has 0 spiro atoms. The molecule has 4 rings (SSSR count). The number of halogens is 1. The topological polar surface area (TPSA) is 85.7 Å². The van der Waals surface area contributed by atoms with Crippen molar-refractivity contribution in [1.82, 2.24) is 5.32 Å². The van der Waals surface area contributed by atoms with Gasteiger partial charge in [0, 0.05) is 31.2 Å². The molecule has 1 N–H and O–H groups in total. The summed E-state index contributed by atoms with van der Waals surface area (Å²) in [7, 11) is -3.94. The normalized spacial score (nSPS) is 16.9. The van der Waals surface area contributed by atoms with E-state index in [0.717, 1.165) is 31.9 Å². The largest absolute Gasteiger partial charge is 0.487 e. The molecule has 0 unspecified atom stereocenters. The van der Waals surface area contributed by atoms with Crippen LogP contribution < -0.4 is 19.3 Å². The van der Waals surface area contributed by atoms with Crippen LogP contribution in [0.5, 0.6) is 5.75 Å². The molecule has 0 saturated carbocycles. The molecular formula is C19H19ClN4O3S. The highest BCUT2D eigenvalue weighted by Gasteiger charge is 2.34. The summed E-state index contributed by atoms with van der Waals surface area (Å²) >= 11 is 6.35. The van der Waals surface area contributed by atoms with Crippen LogP contribution in [0.2, 0.25) is 5.02 Å². The van der Waals surface area contributed by atoms with Crippen molar-refractivity contribution in [3.05, 3.63) is 47.0 Å². The van der Waals surface area contributed by atoms with E-state index >= 15 is 0 Å². The Labute approximate surface area is 169 Å². The predicted molar refractivity (Wildman–Crippen MR) is 108 cm³/mol. The Morgan fingerprint density at radius 1 is 1.11 bits per heavy atom. The molecule has 9 heteroatoms. The molecule has 2 heterocycles. The van der Waals surface area contributed by atoms with Gasteiger partial charge < -0.3 is 15.0 Å². The van der Waals surface area contributed by atoms with Gasteiger partial charge in [0.15, 0.2) is 5.75 Å². The smallest absolute Gasteiger partial charge is 0.265 e. The summed E-state index contributed by atoms with van der Waals surface area (Å²) in [6.07, 6.45) is 0. The van der Waals surface area contributed by atoms with Gasteiger partial charge >= 0.3 is 0 Å². The quantitative estimate of drug-likeness (QED) is 0.822. The van der Waals surface area contributed by atoms with Crippen LogP contribution in [0.1, 0.15) is 5.56 Å². The van der Waals surface area contributed by atoms with Crippen LogP contribution in [-0.4, -0.2) is 47.7 Å². The van der Waals surface area contributed by atoms with Crippen LogP contribution in [0.25, 0.3) is 0 Å². The third kappa shape index (κ3) is 3.26. The Morgan fingerprint density at radius 3 is 2.57 bits per heavy atom. The maximum absolute atomic E-state index is 13.4.